The molecule has 0 aliphatic carbocycles. The predicted octanol–water partition coefficient (Wildman–Crippen LogP) is 5.61. The molecule has 3 aromatic rings. The molecule has 0 spiro atoms. The van der Waals surface area contributed by atoms with Gasteiger partial charge in [0.25, 0.3) is 0 Å². The number of urea groups is 1. The normalized spacial score (nSPS) is 15.2. The molecule has 186 valence electrons. The van der Waals surface area contributed by atoms with Crippen LogP contribution in [0, 0.1) is 11.6 Å². The molecule has 2 amide bonds. The summed E-state index contributed by atoms with van der Waals surface area (Å²) in [4.78, 5) is 25.9. The molecule has 1 heterocycles. The van der Waals surface area contributed by atoms with Gasteiger partial charge in [-0.15, -0.1) is 0 Å². The molecule has 3 aromatic carbocycles. The van der Waals surface area contributed by atoms with Crippen molar-refractivity contribution in [1.29, 1.82) is 0 Å². The fourth-order valence-corrected chi connectivity index (χ4v) is 4.20. The molecule has 6 nitrogen and oxygen atoms in total. The number of carbonyl (C=O) groups excluding carboxylic acids is 2. The lowest BCUT2D eigenvalue weighted by Crippen LogP contribution is -2.46. The van der Waals surface area contributed by atoms with Crippen molar-refractivity contribution < 1.29 is 27.8 Å². The maximum atomic E-state index is 13.6. The number of allylic oxidation sites excluding steroid dienone is 1. The van der Waals surface area contributed by atoms with E-state index < -0.39 is 29.7 Å². The van der Waals surface area contributed by atoms with Crippen LogP contribution in [0.2, 0.25) is 5.02 Å². The van der Waals surface area contributed by atoms with Gasteiger partial charge in [0.2, 0.25) is 0 Å². The van der Waals surface area contributed by atoms with Crippen LogP contribution in [-0.2, 0) is 22.6 Å². The zero-order chi connectivity index (χ0) is 25.7. The number of rotatable bonds is 8. The molecule has 9 heteroatoms. The van der Waals surface area contributed by atoms with Crippen LogP contribution in [0.3, 0.4) is 0 Å². The molecule has 1 unspecified atom stereocenters. The molecule has 0 saturated carbocycles. The van der Waals surface area contributed by atoms with Gasteiger partial charge in [-0.2, -0.15) is 0 Å². The molecule has 0 fully saturated rings. The van der Waals surface area contributed by atoms with E-state index in [-0.39, 0.29) is 17.7 Å². The zero-order valence-corrected chi connectivity index (χ0v) is 20.1. The Kier molecular flexibility index (Phi) is 7.85. The fourth-order valence-electron chi connectivity index (χ4n) is 3.99. The van der Waals surface area contributed by atoms with E-state index in [1.54, 1.807) is 30.3 Å². The van der Waals surface area contributed by atoms with Crippen molar-refractivity contribution in [1.82, 2.24) is 10.6 Å². The second kappa shape index (κ2) is 11.2. The first-order valence-corrected chi connectivity index (χ1v) is 11.5. The van der Waals surface area contributed by atoms with Crippen LogP contribution in [0.15, 0.2) is 78.0 Å². The number of halogens is 3. The van der Waals surface area contributed by atoms with Crippen molar-refractivity contribution in [2.45, 2.75) is 25.5 Å². The Balaban J connectivity index is 1.66. The van der Waals surface area contributed by atoms with Crippen LogP contribution in [0.1, 0.15) is 29.2 Å². The quantitative estimate of drug-likeness (QED) is 0.385. The van der Waals surface area contributed by atoms with E-state index in [0.717, 1.165) is 23.8 Å². The number of ether oxygens (including phenoxy) is 2. The number of amides is 2. The molecule has 2 N–H and O–H groups in total. The van der Waals surface area contributed by atoms with Crippen LogP contribution >= 0.6 is 11.6 Å². The van der Waals surface area contributed by atoms with Crippen molar-refractivity contribution in [3.05, 3.63) is 111 Å². The standard InChI is InChI=1S/C27H23ClF2N2O4/c1-35-22-8-6-18(7-9-22)25-24(26(33)36-15-17-12-20(29)14-21(30)13-17)23(31-27(34)32-25)10-5-16-3-2-4-19(28)11-16/h2-4,6-9,11-14,25H,5,10,15H2,1H3,(H2,31,32,34). The summed E-state index contributed by atoms with van der Waals surface area (Å²) in [5.41, 5.74) is 2.30. The second-order valence-corrected chi connectivity index (χ2v) is 8.62. The molecule has 0 radical (unpaired) electrons. The van der Waals surface area contributed by atoms with E-state index in [4.69, 9.17) is 21.1 Å². The lowest BCUT2D eigenvalue weighted by atomic mass is 9.93. The maximum Gasteiger partial charge on any atom is 0.338 e. The van der Waals surface area contributed by atoms with Gasteiger partial charge in [0.05, 0.1) is 18.7 Å². The Morgan fingerprint density at radius 2 is 1.69 bits per heavy atom. The largest absolute Gasteiger partial charge is 0.497 e. The summed E-state index contributed by atoms with van der Waals surface area (Å²) in [6.07, 6.45) is 0.816. The van der Waals surface area contributed by atoms with Gasteiger partial charge in [0.15, 0.2) is 0 Å². The summed E-state index contributed by atoms with van der Waals surface area (Å²) in [6, 6.07) is 15.8. The Labute approximate surface area is 211 Å². The molecule has 36 heavy (non-hydrogen) atoms. The van der Waals surface area contributed by atoms with Gasteiger partial charge in [-0.3, -0.25) is 0 Å². The number of esters is 1. The Morgan fingerprint density at radius 1 is 0.972 bits per heavy atom. The minimum absolute atomic E-state index is 0.163. The molecule has 0 saturated heterocycles. The Morgan fingerprint density at radius 3 is 2.36 bits per heavy atom. The smallest absolute Gasteiger partial charge is 0.338 e. The van der Waals surface area contributed by atoms with E-state index in [2.05, 4.69) is 10.6 Å². The van der Waals surface area contributed by atoms with Crippen molar-refractivity contribution in [3.63, 3.8) is 0 Å². The SMILES string of the molecule is COc1ccc(C2NC(=O)NC(CCc3cccc(Cl)c3)=C2C(=O)OCc2cc(F)cc(F)c2)cc1. The van der Waals surface area contributed by atoms with Gasteiger partial charge in [-0.25, -0.2) is 18.4 Å². The van der Waals surface area contributed by atoms with Gasteiger partial charge < -0.3 is 20.1 Å². The molecule has 1 aliphatic rings. The van der Waals surface area contributed by atoms with Gasteiger partial charge in [0, 0.05) is 16.8 Å². The first-order valence-electron chi connectivity index (χ1n) is 11.1. The summed E-state index contributed by atoms with van der Waals surface area (Å²) >= 11 is 6.09. The van der Waals surface area contributed by atoms with Gasteiger partial charge >= 0.3 is 12.0 Å². The molecule has 4 rings (SSSR count). The average Bonchev–Trinajstić information content (AvgIpc) is 2.85. The molecular weight excluding hydrogens is 490 g/mol. The summed E-state index contributed by atoms with van der Waals surface area (Å²) in [5.74, 6) is -1.66. The number of nitrogens with one attached hydrogen (secondary N) is 2. The summed E-state index contributed by atoms with van der Waals surface area (Å²) in [6.45, 7) is -0.345. The number of hydrogen-bond donors (Lipinski definition) is 2. The minimum atomic E-state index is -0.809. The van der Waals surface area contributed by atoms with Crippen molar-refractivity contribution >= 4 is 23.6 Å². The highest BCUT2D eigenvalue weighted by Crippen LogP contribution is 2.31. The van der Waals surface area contributed by atoms with Gasteiger partial charge in [-0.05, 0) is 65.9 Å². The predicted molar refractivity (Wildman–Crippen MR) is 130 cm³/mol. The van der Waals surface area contributed by atoms with Gasteiger partial charge in [-0.1, -0.05) is 35.9 Å². The summed E-state index contributed by atoms with van der Waals surface area (Å²) in [7, 11) is 1.53. The fraction of sp³-hybridized carbons (Fsp3) is 0.185. The Hall–Kier alpha value is -3.91. The van der Waals surface area contributed by atoms with Crippen LogP contribution in [-0.4, -0.2) is 19.1 Å². The molecule has 0 aromatic heterocycles. The Bertz CT molecular complexity index is 1290. The van der Waals surface area contributed by atoms with Crippen LogP contribution in [0.4, 0.5) is 13.6 Å². The van der Waals surface area contributed by atoms with Crippen LogP contribution in [0.5, 0.6) is 5.75 Å². The van der Waals surface area contributed by atoms with E-state index >= 15 is 0 Å². The van der Waals surface area contributed by atoms with Crippen molar-refractivity contribution in [3.8, 4) is 5.75 Å². The molecular formula is C27H23ClF2N2O4. The number of methoxy groups -OCH3 is 1. The lowest BCUT2D eigenvalue weighted by molar-refractivity contribution is -0.140. The number of carbonyl (C=O) groups is 2. The minimum Gasteiger partial charge on any atom is -0.497 e. The number of benzene rings is 3. The van der Waals surface area contributed by atoms with Crippen molar-refractivity contribution in [2.75, 3.05) is 7.11 Å². The zero-order valence-electron chi connectivity index (χ0n) is 19.3. The molecule has 1 atom stereocenters. The summed E-state index contributed by atoms with van der Waals surface area (Å²) < 4.78 is 37.8. The van der Waals surface area contributed by atoms with E-state index in [9.17, 15) is 18.4 Å². The first kappa shape index (κ1) is 25.2. The third kappa shape index (κ3) is 6.20. The maximum absolute atomic E-state index is 13.6. The van der Waals surface area contributed by atoms with E-state index in [0.29, 0.717) is 34.9 Å². The highest BCUT2D eigenvalue weighted by atomic mass is 35.5. The van der Waals surface area contributed by atoms with E-state index in [1.807, 2.05) is 18.2 Å². The topological polar surface area (TPSA) is 76.7 Å². The van der Waals surface area contributed by atoms with E-state index in [1.165, 1.54) is 7.11 Å². The van der Waals surface area contributed by atoms with Crippen LogP contribution < -0.4 is 15.4 Å². The molecule has 0 bridgehead atoms. The highest BCUT2D eigenvalue weighted by molar-refractivity contribution is 6.30. The third-order valence-corrected chi connectivity index (χ3v) is 5.90. The summed E-state index contributed by atoms with van der Waals surface area (Å²) in [5, 5.41) is 6.06. The van der Waals surface area contributed by atoms with Crippen molar-refractivity contribution in [2.24, 2.45) is 0 Å². The number of aryl methyl sites for hydroxylation is 1. The number of hydrogen-bond acceptors (Lipinski definition) is 4. The first-order chi connectivity index (χ1) is 17.3. The third-order valence-electron chi connectivity index (χ3n) is 5.67. The second-order valence-electron chi connectivity index (χ2n) is 8.18. The van der Waals surface area contributed by atoms with Gasteiger partial charge in [0.1, 0.15) is 24.0 Å². The monoisotopic (exact) mass is 512 g/mol. The molecule has 1 aliphatic heterocycles. The van der Waals surface area contributed by atoms with Crippen LogP contribution in [0.25, 0.3) is 0 Å². The highest BCUT2D eigenvalue weighted by Gasteiger charge is 2.33. The lowest BCUT2D eigenvalue weighted by Gasteiger charge is -2.29. The average molecular weight is 513 g/mol.